The lowest BCUT2D eigenvalue weighted by molar-refractivity contribution is -0.137. The van der Waals surface area contributed by atoms with Gasteiger partial charge in [-0.05, 0) is 72.7 Å². The van der Waals surface area contributed by atoms with E-state index in [0.29, 0.717) is 30.9 Å². The summed E-state index contributed by atoms with van der Waals surface area (Å²) in [5.41, 5.74) is 6.13. The second kappa shape index (κ2) is 8.61. The number of amides is 4. The molecule has 2 aromatic rings. The highest BCUT2D eigenvalue weighted by Gasteiger charge is 2.39. The van der Waals surface area contributed by atoms with E-state index in [1.807, 2.05) is 6.07 Å². The van der Waals surface area contributed by atoms with Crippen LogP contribution in [-0.4, -0.2) is 52.6 Å². The maximum atomic E-state index is 12.9. The monoisotopic (exact) mass is 472 g/mol. The Hall–Kier alpha value is -3.52. The van der Waals surface area contributed by atoms with Gasteiger partial charge in [0.1, 0.15) is 6.04 Å². The predicted octanol–water partition coefficient (Wildman–Crippen LogP) is 2.32. The van der Waals surface area contributed by atoms with Crippen molar-refractivity contribution in [2.75, 3.05) is 18.4 Å². The Morgan fingerprint density at radius 1 is 0.857 bits per heavy atom. The van der Waals surface area contributed by atoms with E-state index in [0.717, 1.165) is 49.3 Å². The van der Waals surface area contributed by atoms with Crippen LogP contribution in [0.2, 0.25) is 0 Å². The first-order valence-electron chi connectivity index (χ1n) is 12.4. The number of benzene rings is 2. The van der Waals surface area contributed by atoms with Gasteiger partial charge in [-0.15, -0.1) is 0 Å². The molecule has 0 bridgehead atoms. The lowest BCUT2D eigenvalue weighted by atomic mass is 9.87. The van der Waals surface area contributed by atoms with Crippen LogP contribution in [0.5, 0.6) is 0 Å². The lowest BCUT2D eigenvalue weighted by Gasteiger charge is -2.32. The summed E-state index contributed by atoms with van der Waals surface area (Å²) in [4.78, 5) is 52.4. The molecule has 0 aliphatic carbocycles. The van der Waals surface area contributed by atoms with Crippen molar-refractivity contribution in [3.8, 4) is 0 Å². The zero-order valence-corrected chi connectivity index (χ0v) is 19.5. The van der Waals surface area contributed by atoms with Crippen LogP contribution in [0, 0.1) is 0 Å². The van der Waals surface area contributed by atoms with Gasteiger partial charge in [-0.2, -0.15) is 0 Å². The first kappa shape index (κ1) is 22.0. The average molecular weight is 473 g/mol. The zero-order chi connectivity index (χ0) is 24.1. The maximum absolute atomic E-state index is 12.9. The van der Waals surface area contributed by atoms with Crippen LogP contribution >= 0.6 is 0 Å². The third kappa shape index (κ3) is 4.12. The number of anilines is 1. The summed E-state index contributed by atoms with van der Waals surface area (Å²) in [5, 5.41) is 5.29. The topological polar surface area (TPSA) is 98.8 Å². The van der Waals surface area contributed by atoms with Gasteiger partial charge in [-0.25, -0.2) is 0 Å². The van der Waals surface area contributed by atoms with Crippen molar-refractivity contribution in [1.29, 1.82) is 0 Å². The number of carbonyl (C=O) groups excluding carboxylic acids is 4. The first-order chi connectivity index (χ1) is 16.9. The number of carbonyl (C=O) groups is 4. The van der Waals surface area contributed by atoms with Gasteiger partial charge in [0, 0.05) is 30.8 Å². The van der Waals surface area contributed by atoms with E-state index >= 15 is 0 Å². The second-order valence-corrected chi connectivity index (χ2v) is 10.1. The highest BCUT2D eigenvalue weighted by Crippen LogP contribution is 2.34. The Balaban J connectivity index is 1.08. The van der Waals surface area contributed by atoms with Gasteiger partial charge in [-0.3, -0.25) is 29.4 Å². The molecule has 4 aliphatic rings. The Morgan fingerprint density at radius 3 is 2.49 bits per heavy atom. The van der Waals surface area contributed by atoms with Gasteiger partial charge in [0.15, 0.2) is 0 Å². The fourth-order valence-electron chi connectivity index (χ4n) is 5.89. The van der Waals surface area contributed by atoms with Crippen LogP contribution < -0.4 is 10.6 Å². The van der Waals surface area contributed by atoms with Crippen molar-refractivity contribution in [2.45, 2.75) is 57.2 Å². The molecule has 8 heteroatoms. The second-order valence-electron chi connectivity index (χ2n) is 10.1. The van der Waals surface area contributed by atoms with Crippen LogP contribution in [0.1, 0.15) is 64.2 Å². The molecule has 4 aliphatic heterocycles. The van der Waals surface area contributed by atoms with Crippen molar-refractivity contribution in [1.82, 2.24) is 15.1 Å². The van der Waals surface area contributed by atoms with E-state index in [-0.39, 0.29) is 30.0 Å². The minimum Gasteiger partial charge on any atom is -0.326 e. The van der Waals surface area contributed by atoms with Crippen molar-refractivity contribution in [3.05, 3.63) is 64.2 Å². The molecule has 180 valence electrons. The number of piperidine rings is 2. The van der Waals surface area contributed by atoms with Crippen LogP contribution in [0.4, 0.5) is 5.69 Å². The van der Waals surface area contributed by atoms with E-state index in [1.165, 1.54) is 11.1 Å². The smallest absolute Gasteiger partial charge is 0.255 e. The summed E-state index contributed by atoms with van der Waals surface area (Å²) >= 11 is 0. The van der Waals surface area contributed by atoms with Gasteiger partial charge in [0.05, 0.1) is 6.42 Å². The molecule has 1 unspecified atom stereocenters. The highest BCUT2D eigenvalue weighted by atomic mass is 16.2. The van der Waals surface area contributed by atoms with E-state index in [1.54, 1.807) is 4.90 Å². The minimum absolute atomic E-state index is 0.0641. The van der Waals surface area contributed by atoms with Gasteiger partial charge < -0.3 is 10.2 Å². The van der Waals surface area contributed by atoms with Crippen molar-refractivity contribution >= 4 is 29.3 Å². The molecule has 0 saturated carbocycles. The highest BCUT2D eigenvalue weighted by molar-refractivity contribution is 6.05. The summed E-state index contributed by atoms with van der Waals surface area (Å²) in [6, 6.07) is 11.8. The van der Waals surface area contributed by atoms with E-state index in [9.17, 15) is 19.2 Å². The van der Waals surface area contributed by atoms with Gasteiger partial charge in [0.25, 0.3) is 5.91 Å². The van der Waals surface area contributed by atoms with E-state index in [2.05, 4.69) is 45.9 Å². The fourth-order valence-corrected chi connectivity index (χ4v) is 5.89. The molecule has 0 aromatic heterocycles. The number of imide groups is 1. The number of rotatable bonds is 4. The lowest BCUT2D eigenvalue weighted by Crippen LogP contribution is -2.52. The maximum Gasteiger partial charge on any atom is 0.255 e. The largest absolute Gasteiger partial charge is 0.326 e. The Morgan fingerprint density at radius 2 is 1.69 bits per heavy atom. The molecule has 4 heterocycles. The number of hydrogen-bond acceptors (Lipinski definition) is 5. The molecular formula is C27H28N4O4. The van der Waals surface area contributed by atoms with Crippen LogP contribution in [0.15, 0.2) is 36.4 Å². The van der Waals surface area contributed by atoms with Gasteiger partial charge in [0.2, 0.25) is 17.7 Å². The number of likely N-dealkylation sites (tertiary alicyclic amines) is 1. The quantitative estimate of drug-likeness (QED) is 0.666. The van der Waals surface area contributed by atoms with Crippen molar-refractivity contribution in [3.63, 3.8) is 0 Å². The molecule has 8 nitrogen and oxygen atoms in total. The third-order valence-electron chi connectivity index (χ3n) is 7.81. The zero-order valence-electron chi connectivity index (χ0n) is 19.5. The average Bonchev–Trinajstić information content (AvgIpc) is 3.37. The van der Waals surface area contributed by atoms with Crippen LogP contribution in [0.3, 0.4) is 0 Å². The van der Waals surface area contributed by atoms with E-state index < -0.39 is 6.04 Å². The molecule has 1 atom stereocenters. The molecule has 35 heavy (non-hydrogen) atoms. The summed E-state index contributed by atoms with van der Waals surface area (Å²) < 4.78 is 0. The fraction of sp³-hybridized carbons (Fsp3) is 0.407. The third-order valence-corrected chi connectivity index (χ3v) is 7.81. The van der Waals surface area contributed by atoms with Crippen molar-refractivity contribution in [2.24, 2.45) is 0 Å². The van der Waals surface area contributed by atoms with Gasteiger partial charge >= 0.3 is 0 Å². The number of nitrogens with zero attached hydrogens (tertiary/aromatic N) is 2. The molecule has 0 radical (unpaired) electrons. The molecule has 4 amide bonds. The minimum atomic E-state index is -0.577. The molecule has 2 fully saturated rings. The normalized spacial score (nSPS) is 22.7. The number of hydrogen-bond donors (Lipinski definition) is 2. The SMILES string of the molecule is O=C1CCC(N2Cc3cc(C4CCN(Cc5ccc6c(c5)NC(=O)C6)CC4)ccc3C2=O)C(=O)N1. The molecule has 2 N–H and O–H groups in total. The summed E-state index contributed by atoms with van der Waals surface area (Å²) in [7, 11) is 0. The van der Waals surface area contributed by atoms with Crippen molar-refractivity contribution < 1.29 is 19.2 Å². The Bertz CT molecular complexity index is 1250. The molecule has 6 rings (SSSR count). The van der Waals surface area contributed by atoms with Crippen LogP contribution in [-0.2, 0) is 33.9 Å². The summed E-state index contributed by atoms with van der Waals surface area (Å²) in [5.74, 6) is -0.265. The molecular weight excluding hydrogens is 444 g/mol. The summed E-state index contributed by atoms with van der Waals surface area (Å²) in [6.07, 6.45) is 3.21. The number of fused-ring (bicyclic) bond motifs is 2. The van der Waals surface area contributed by atoms with Gasteiger partial charge in [-0.1, -0.05) is 24.3 Å². The first-order valence-corrected chi connectivity index (χ1v) is 12.4. The number of nitrogens with one attached hydrogen (secondary N) is 2. The van der Waals surface area contributed by atoms with E-state index in [4.69, 9.17) is 0 Å². The Kier molecular flexibility index (Phi) is 5.40. The molecule has 2 saturated heterocycles. The summed E-state index contributed by atoms with van der Waals surface area (Å²) in [6.45, 7) is 3.27. The molecule has 0 spiro atoms. The standard InChI is InChI=1S/C27H28N4O4/c32-24-6-5-23(26(34)29-24)31-15-20-12-18(3-4-21(20)27(31)35)17-7-9-30(10-8-17)14-16-1-2-19-13-25(33)28-22(19)11-16/h1-4,11-12,17,23H,5-10,13-15H2,(H,28,33)(H,29,32,34). The van der Waals surface area contributed by atoms with Crippen LogP contribution in [0.25, 0.3) is 0 Å². The predicted molar refractivity (Wildman–Crippen MR) is 129 cm³/mol. The molecule has 2 aromatic carbocycles. The Labute approximate surface area is 203 Å².